The van der Waals surface area contributed by atoms with Gasteiger partial charge in [-0.15, -0.1) is 11.3 Å². The van der Waals surface area contributed by atoms with Crippen molar-refractivity contribution >= 4 is 17.2 Å². The number of aromatic amines is 1. The highest BCUT2D eigenvalue weighted by molar-refractivity contribution is 7.07. The minimum atomic E-state index is -0.197. The number of imidazole rings is 1. The van der Waals surface area contributed by atoms with E-state index in [9.17, 15) is 4.79 Å². The number of carbonyl (C=O) groups excluding carboxylic acids is 1. The van der Waals surface area contributed by atoms with Gasteiger partial charge in [-0.2, -0.15) is 0 Å². The molecular formula is C19H20N4O3S. The second-order valence-corrected chi connectivity index (χ2v) is 7.01. The summed E-state index contributed by atoms with van der Waals surface area (Å²) in [5.41, 5.74) is 4.13. The van der Waals surface area contributed by atoms with E-state index in [0.29, 0.717) is 31.8 Å². The molecule has 8 heteroatoms. The Bertz CT molecular complexity index is 867. The molecule has 0 radical (unpaired) electrons. The van der Waals surface area contributed by atoms with Crippen LogP contribution in [0.3, 0.4) is 0 Å². The Labute approximate surface area is 160 Å². The van der Waals surface area contributed by atoms with Gasteiger partial charge in [-0.1, -0.05) is 12.1 Å². The lowest BCUT2D eigenvalue weighted by atomic mass is 10.0. The fourth-order valence-corrected chi connectivity index (χ4v) is 3.57. The van der Waals surface area contributed by atoms with Crippen molar-refractivity contribution in [3.8, 4) is 11.4 Å². The summed E-state index contributed by atoms with van der Waals surface area (Å²) in [5.74, 6) is 0.609. The van der Waals surface area contributed by atoms with Gasteiger partial charge in [-0.3, -0.25) is 4.79 Å². The van der Waals surface area contributed by atoms with Crippen molar-refractivity contribution in [1.82, 2.24) is 20.3 Å². The van der Waals surface area contributed by atoms with Crippen molar-refractivity contribution in [2.45, 2.75) is 25.2 Å². The second-order valence-electron chi connectivity index (χ2n) is 6.29. The first-order valence-electron chi connectivity index (χ1n) is 8.76. The summed E-state index contributed by atoms with van der Waals surface area (Å²) >= 11 is 1.54. The maximum absolute atomic E-state index is 12.8. The van der Waals surface area contributed by atoms with Gasteiger partial charge in [0, 0.05) is 35.5 Å². The van der Waals surface area contributed by atoms with Crippen LogP contribution < -0.4 is 5.32 Å². The molecule has 2 aromatic heterocycles. The minimum absolute atomic E-state index is 0.0999. The summed E-state index contributed by atoms with van der Waals surface area (Å²) in [5, 5.41) is 5.05. The molecule has 1 aliphatic rings. The number of hydrogen-bond acceptors (Lipinski definition) is 6. The summed E-state index contributed by atoms with van der Waals surface area (Å²) in [7, 11) is 0. The third kappa shape index (κ3) is 4.41. The number of H-pyrrole nitrogens is 1. The predicted molar refractivity (Wildman–Crippen MR) is 101 cm³/mol. The van der Waals surface area contributed by atoms with E-state index in [4.69, 9.17) is 9.47 Å². The zero-order valence-corrected chi connectivity index (χ0v) is 15.4. The largest absolute Gasteiger partial charge is 0.379 e. The Morgan fingerprint density at radius 1 is 1.41 bits per heavy atom. The van der Waals surface area contributed by atoms with E-state index in [-0.39, 0.29) is 18.1 Å². The molecule has 1 fully saturated rings. The summed E-state index contributed by atoms with van der Waals surface area (Å²) in [4.78, 5) is 24.3. The topological polar surface area (TPSA) is 89.1 Å². The molecule has 0 saturated carbocycles. The molecule has 140 valence electrons. The first kappa shape index (κ1) is 17.8. The molecule has 1 aliphatic heterocycles. The molecule has 0 aliphatic carbocycles. The highest BCUT2D eigenvalue weighted by atomic mass is 32.1. The Hall–Kier alpha value is -2.55. The van der Waals surface area contributed by atoms with Crippen LogP contribution in [-0.4, -0.2) is 46.2 Å². The molecule has 4 rings (SSSR count). The number of benzene rings is 1. The lowest BCUT2D eigenvalue weighted by molar-refractivity contribution is -0.0742. The monoisotopic (exact) mass is 384 g/mol. The minimum Gasteiger partial charge on any atom is -0.379 e. The Kier molecular flexibility index (Phi) is 5.57. The average molecular weight is 384 g/mol. The number of nitrogens with zero attached hydrogens (tertiary/aromatic N) is 2. The van der Waals surface area contributed by atoms with Crippen molar-refractivity contribution in [1.29, 1.82) is 0 Å². The quantitative estimate of drug-likeness (QED) is 0.682. The van der Waals surface area contributed by atoms with Crippen LogP contribution in [0.25, 0.3) is 11.4 Å². The number of amides is 1. The normalized spacial score (nSPS) is 19.7. The number of thiazole rings is 1. The van der Waals surface area contributed by atoms with Crippen LogP contribution in [-0.2, 0) is 16.1 Å². The van der Waals surface area contributed by atoms with Crippen LogP contribution in [0.5, 0.6) is 0 Å². The lowest BCUT2D eigenvalue weighted by Crippen LogP contribution is -2.49. The van der Waals surface area contributed by atoms with Gasteiger partial charge in [0.1, 0.15) is 11.9 Å². The van der Waals surface area contributed by atoms with Crippen LogP contribution in [0, 0.1) is 0 Å². The van der Waals surface area contributed by atoms with Gasteiger partial charge >= 0.3 is 0 Å². The maximum Gasteiger partial charge on any atom is 0.251 e. The van der Waals surface area contributed by atoms with Gasteiger partial charge in [0.15, 0.2) is 0 Å². The number of nitrogens with one attached hydrogen (secondary N) is 2. The van der Waals surface area contributed by atoms with Crippen molar-refractivity contribution in [3.63, 3.8) is 0 Å². The zero-order chi connectivity index (χ0) is 18.5. The molecule has 2 unspecified atom stereocenters. The van der Waals surface area contributed by atoms with Gasteiger partial charge in [0.2, 0.25) is 0 Å². The van der Waals surface area contributed by atoms with Crippen molar-refractivity contribution in [3.05, 3.63) is 58.8 Å². The van der Waals surface area contributed by atoms with Crippen LogP contribution >= 0.6 is 11.3 Å². The van der Waals surface area contributed by atoms with Gasteiger partial charge in [0.25, 0.3) is 5.91 Å². The van der Waals surface area contributed by atoms with Crippen molar-refractivity contribution in [2.75, 3.05) is 13.2 Å². The summed E-state index contributed by atoms with van der Waals surface area (Å²) in [6, 6.07) is 7.30. The fourth-order valence-electron chi connectivity index (χ4n) is 3.03. The van der Waals surface area contributed by atoms with Gasteiger partial charge in [-0.25, -0.2) is 9.97 Å². The number of ether oxygens (including phenoxy) is 2. The summed E-state index contributed by atoms with van der Waals surface area (Å²) in [6.45, 7) is 1.48. The van der Waals surface area contributed by atoms with E-state index in [2.05, 4.69) is 20.3 Å². The second kappa shape index (κ2) is 8.43. The maximum atomic E-state index is 12.8. The Balaban J connectivity index is 1.42. The van der Waals surface area contributed by atoms with E-state index in [1.807, 2.05) is 23.6 Å². The fraction of sp³-hybridized carbons (Fsp3) is 0.316. The molecular weight excluding hydrogens is 364 g/mol. The van der Waals surface area contributed by atoms with E-state index in [0.717, 1.165) is 17.1 Å². The third-order valence-corrected chi connectivity index (χ3v) is 5.08. The van der Waals surface area contributed by atoms with E-state index < -0.39 is 0 Å². The van der Waals surface area contributed by atoms with Gasteiger partial charge in [0.05, 0.1) is 30.5 Å². The molecule has 0 bridgehead atoms. The number of carbonyl (C=O) groups is 1. The number of rotatable bonds is 6. The summed E-state index contributed by atoms with van der Waals surface area (Å²) in [6.07, 6.45) is 3.96. The van der Waals surface area contributed by atoms with E-state index >= 15 is 0 Å². The van der Waals surface area contributed by atoms with Crippen LogP contribution in [0.2, 0.25) is 0 Å². The van der Waals surface area contributed by atoms with Gasteiger partial charge in [-0.05, 0) is 18.6 Å². The SMILES string of the molecule is O=C(NC1CCOCC1OCc1cscn1)c1cccc(-c2ncc[nH]2)c1. The van der Waals surface area contributed by atoms with Gasteiger partial charge < -0.3 is 19.8 Å². The average Bonchev–Trinajstić information content (AvgIpc) is 3.41. The molecule has 27 heavy (non-hydrogen) atoms. The number of aromatic nitrogens is 3. The lowest BCUT2D eigenvalue weighted by Gasteiger charge is -2.32. The van der Waals surface area contributed by atoms with Crippen molar-refractivity contribution in [2.24, 2.45) is 0 Å². The van der Waals surface area contributed by atoms with Crippen molar-refractivity contribution < 1.29 is 14.3 Å². The molecule has 2 N–H and O–H groups in total. The van der Waals surface area contributed by atoms with Crippen LogP contribution in [0.4, 0.5) is 0 Å². The summed E-state index contributed by atoms with van der Waals surface area (Å²) < 4.78 is 11.5. The first-order valence-corrected chi connectivity index (χ1v) is 9.71. The van der Waals surface area contributed by atoms with E-state index in [1.165, 1.54) is 11.3 Å². The molecule has 1 saturated heterocycles. The highest BCUT2D eigenvalue weighted by Gasteiger charge is 2.28. The smallest absolute Gasteiger partial charge is 0.251 e. The molecule has 1 amide bonds. The molecule has 0 spiro atoms. The molecule has 7 nitrogen and oxygen atoms in total. The Morgan fingerprint density at radius 2 is 2.37 bits per heavy atom. The van der Waals surface area contributed by atoms with E-state index in [1.54, 1.807) is 24.0 Å². The predicted octanol–water partition coefficient (Wildman–Crippen LogP) is 2.64. The molecule has 2 atom stereocenters. The standard InChI is InChI=1S/C19H20N4O3S/c24-19(14-3-1-2-13(8-14)18-20-5-6-21-18)23-16-4-7-25-10-17(16)26-9-15-11-27-12-22-15/h1-3,5-6,8,11-12,16-17H,4,7,9-10H2,(H,20,21)(H,23,24). The molecule has 3 heterocycles. The highest BCUT2D eigenvalue weighted by Crippen LogP contribution is 2.18. The van der Waals surface area contributed by atoms with Crippen LogP contribution in [0.15, 0.2) is 47.5 Å². The first-order chi connectivity index (χ1) is 13.3. The zero-order valence-electron chi connectivity index (χ0n) is 14.6. The Morgan fingerprint density at radius 3 is 3.19 bits per heavy atom. The molecule has 3 aromatic rings. The third-order valence-electron chi connectivity index (χ3n) is 4.45. The molecule has 1 aromatic carbocycles. The van der Waals surface area contributed by atoms with Crippen LogP contribution in [0.1, 0.15) is 22.5 Å². The number of hydrogen-bond donors (Lipinski definition) is 2.